The second kappa shape index (κ2) is 8.27. The molecule has 0 atom stereocenters. The zero-order valence-corrected chi connectivity index (χ0v) is 16.2. The quantitative estimate of drug-likeness (QED) is 0.435. The predicted molar refractivity (Wildman–Crippen MR) is 103 cm³/mol. The molecule has 9 heteroatoms. The summed E-state index contributed by atoms with van der Waals surface area (Å²) in [6.07, 6.45) is 3.52. The van der Waals surface area contributed by atoms with Gasteiger partial charge in [0.2, 0.25) is 5.95 Å². The maximum Gasteiger partial charge on any atom is 0.225 e. The molecule has 1 saturated heterocycles. The Labute approximate surface area is 158 Å². The van der Waals surface area contributed by atoms with Gasteiger partial charge in [-0.1, -0.05) is 5.16 Å². The zero-order valence-electron chi connectivity index (χ0n) is 13.8. The van der Waals surface area contributed by atoms with Crippen molar-refractivity contribution in [2.75, 3.05) is 31.1 Å². The van der Waals surface area contributed by atoms with Crippen LogP contribution in [0, 0.1) is 13.8 Å². The van der Waals surface area contributed by atoms with Gasteiger partial charge in [0.25, 0.3) is 0 Å². The van der Waals surface area contributed by atoms with Crippen molar-refractivity contribution in [3.05, 3.63) is 35.5 Å². The van der Waals surface area contributed by atoms with Crippen molar-refractivity contribution in [2.24, 2.45) is 10.7 Å². The summed E-state index contributed by atoms with van der Waals surface area (Å²) >= 11 is 0. The minimum atomic E-state index is 0. The van der Waals surface area contributed by atoms with Crippen LogP contribution in [0.25, 0.3) is 0 Å². The Balaban J connectivity index is 0.00000208. The molecule has 2 aromatic heterocycles. The number of nitrogens with zero attached hydrogens (tertiary/aromatic N) is 6. The van der Waals surface area contributed by atoms with Gasteiger partial charge in [-0.3, -0.25) is 0 Å². The van der Waals surface area contributed by atoms with E-state index in [4.69, 9.17) is 10.3 Å². The van der Waals surface area contributed by atoms with Gasteiger partial charge < -0.3 is 20.1 Å². The van der Waals surface area contributed by atoms with Crippen LogP contribution in [0.3, 0.4) is 0 Å². The standard InChI is InChI=1S/C15H21N7O.HI/c1-11-13(12(2)23-20-11)10-19-14(16)21-6-8-22(9-7-21)15-17-4-3-5-18-15;/h3-5H,6-10H2,1-2H3,(H2,16,19);1H. The Morgan fingerprint density at radius 3 is 2.46 bits per heavy atom. The van der Waals surface area contributed by atoms with Gasteiger partial charge >= 0.3 is 0 Å². The summed E-state index contributed by atoms with van der Waals surface area (Å²) in [6.45, 7) is 7.55. The molecule has 0 saturated carbocycles. The Hall–Kier alpha value is -1.91. The molecule has 0 amide bonds. The van der Waals surface area contributed by atoms with Crippen molar-refractivity contribution < 1.29 is 4.52 Å². The third-order valence-electron chi connectivity index (χ3n) is 4.02. The minimum absolute atomic E-state index is 0. The van der Waals surface area contributed by atoms with E-state index >= 15 is 0 Å². The van der Waals surface area contributed by atoms with Gasteiger partial charge in [-0.05, 0) is 19.9 Å². The van der Waals surface area contributed by atoms with E-state index in [1.54, 1.807) is 12.4 Å². The number of halogens is 1. The molecule has 3 rings (SSSR count). The van der Waals surface area contributed by atoms with E-state index < -0.39 is 0 Å². The first kappa shape index (κ1) is 18.4. The normalized spacial score (nSPS) is 15.3. The van der Waals surface area contributed by atoms with Gasteiger partial charge in [0, 0.05) is 44.1 Å². The average Bonchev–Trinajstić information content (AvgIpc) is 2.92. The number of hydrogen-bond acceptors (Lipinski definition) is 6. The van der Waals surface area contributed by atoms with Crippen LogP contribution >= 0.6 is 24.0 Å². The highest BCUT2D eigenvalue weighted by Gasteiger charge is 2.20. The van der Waals surface area contributed by atoms with Crippen LogP contribution in [0.4, 0.5) is 5.95 Å². The maximum absolute atomic E-state index is 6.12. The lowest BCUT2D eigenvalue weighted by Crippen LogP contribution is -2.51. The molecule has 0 aliphatic carbocycles. The molecule has 8 nitrogen and oxygen atoms in total. The Morgan fingerprint density at radius 1 is 1.21 bits per heavy atom. The number of anilines is 1. The lowest BCUT2D eigenvalue weighted by molar-refractivity contribution is 0.378. The number of nitrogens with two attached hydrogens (primary N) is 1. The van der Waals surface area contributed by atoms with Crippen molar-refractivity contribution in [2.45, 2.75) is 20.4 Å². The van der Waals surface area contributed by atoms with E-state index in [1.807, 2.05) is 19.9 Å². The molecule has 2 aromatic rings. The van der Waals surface area contributed by atoms with Crippen LogP contribution in [0.1, 0.15) is 17.0 Å². The van der Waals surface area contributed by atoms with E-state index in [1.165, 1.54) is 0 Å². The van der Waals surface area contributed by atoms with E-state index in [9.17, 15) is 0 Å². The van der Waals surface area contributed by atoms with Crippen LogP contribution in [-0.2, 0) is 6.54 Å². The van der Waals surface area contributed by atoms with Gasteiger partial charge in [0.05, 0.1) is 12.2 Å². The van der Waals surface area contributed by atoms with Crippen molar-refractivity contribution in [3.8, 4) is 0 Å². The van der Waals surface area contributed by atoms with Gasteiger partial charge in [0.1, 0.15) is 5.76 Å². The van der Waals surface area contributed by atoms with Crippen LogP contribution in [0.2, 0.25) is 0 Å². The molecule has 2 N–H and O–H groups in total. The first-order valence-electron chi connectivity index (χ1n) is 7.63. The first-order valence-corrected chi connectivity index (χ1v) is 7.63. The predicted octanol–water partition coefficient (Wildman–Crippen LogP) is 1.34. The van der Waals surface area contributed by atoms with E-state index in [-0.39, 0.29) is 24.0 Å². The molecule has 0 radical (unpaired) electrons. The molecular weight excluding hydrogens is 421 g/mol. The molecule has 0 spiro atoms. The highest BCUT2D eigenvalue weighted by Crippen LogP contribution is 2.14. The first-order chi connectivity index (χ1) is 11.1. The van der Waals surface area contributed by atoms with E-state index in [0.29, 0.717) is 12.5 Å². The molecule has 1 aliphatic rings. The molecule has 130 valence electrons. The number of piperazine rings is 1. The summed E-state index contributed by atoms with van der Waals surface area (Å²) in [7, 11) is 0. The molecule has 0 unspecified atom stereocenters. The molecule has 1 fully saturated rings. The number of guanidine groups is 1. The number of hydrogen-bond donors (Lipinski definition) is 1. The van der Waals surface area contributed by atoms with Gasteiger partial charge in [-0.15, -0.1) is 24.0 Å². The molecule has 24 heavy (non-hydrogen) atoms. The van der Waals surface area contributed by atoms with Gasteiger partial charge in [0.15, 0.2) is 5.96 Å². The molecule has 3 heterocycles. The Morgan fingerprint density at radius 2 is 1.88 bits per heavy atom. The number of aryl methyl sites for hydroxylation is 2. The fourth-order valence-corrected chi connectivity index (χ4v) is 2.58. The number of aromatic nitrogens is 3. The summed E-state index contributed by atoms with van der Waals surface area (Å²) in [5, 5.41) is 3.93. The topological polar surface area (TPSA) is 96.7 Å². The van der Waals surface area contributed by atoms with E-state index in [0.717, 1.165) is 49.1 Å². The second-order valence-electron chi connectivity index (χ2n) is 5.50. The second-order valence-corrected chi connectivity index (χ2v) is 5.50. The van der Waals surface area contributed by atoms with E-state index in [2.05, 4.69) is 29.9 Å². The number of aliphatic imine (C=N–C) groups is 1. The SMILES string of the molecule is Cc1noc(C)c1CN=C(N)N1CCN(c2ncccn2)CC1.I. The van der Waals surface area contributed by atoms with Crippen LogP contribution in [0.15, 0.2) is 28.0 Å². The summed E-state index contributed by atoms with van der Waals surface area (Å²) in [6, 6.07) is 1.82. The van der Waals surface area contributed by atoms with Gasteiger partial charge in [-0.2, -0.15) is 0 Å². The summed E-state index contributed by atoms with van der Waals surface area (Å²) in [5.41, 5.74) is 7.99. The van der Waals surface area contributed by atoms with Crippen LogP contribution < -0.4 is 10.6 Å². The fourth-order valence-electron chi connectivity index (χ4n) is 2.58. The summed E-state index contributed by atoms with van der Waals surface area (Å²) in [4.78, 5) is 17.3. The lowest BCUT2D eigenvalue weighted by Gasteiger charge is -2.35. The molecule has 0 aromatic carbocycles. The smallest absolute Gasteiger partial charge is 0.225 e. The summed E-state index contributed by atoms with van der Waals surface area (Å²) < 4.78 is 5.14. The van der Waals surface area contributed by atoms with Crippen molar-refractivity contribution in [3.63, 3.8) is 0 Å². The third kappa shape index (κ3) is 4.13. The minimum Gasteiger partial charge on any atom is -0.370 e. The molecule has 0 bridgehead atoms. The molecular formula is C15H22IN7O. The fraction of sp³-hybridized carbons (Fsp3) is 0.467. The monoisotopic (exact) mass is 443 g/mol. The van der Waals surface area contributed by atoms with Crippen molar-refractivity contribution >= 4 is 35.9 Å². The molecule has 1 aliphatic heterocycles. The Kier molecular flexibility index (Phi) is 6.35. The number of rotatable bonds is 3. The largest absolute Gasteiger partial charge is 0.370 e. The van der Waals surface area contributed by atoms with Crippen molar-refractivity contribution in [1.82, 2.24) is 20.0 Å². The third-order valence-corrected chi connectivity index (χ3v) is 4.02. The summed E-state index contributed by atoms with van der Waals surface area (Å²) in [5.74, 6) is 2.11. The maximum atomic E-state index is 6.12. The van der Waals surface area contributed by atoms with Crippen LogP contribution in [0.5, 0.6) is 0 Å². The van der Waals surface area contributed by atoms with Gasteiger partial charge in [-0.25, -0.2) is 15.0 Å². The van der Waals surface area contributed by atoms with Crippen molar-refractivity contribution in [1.29, 1.82) is 0 Å². The van der Waals surface area contributed by atoms with Crippen LogP contribution in [-0.4, -0.2) is 52.2 Å². The average molecular weight is 443 g/mol. The highest BCUT2D eigenvalue weighted by atomic mass is 127. The zero-order chi connectivity index (χ0) is 16.2. The lowest BCUT2D eigenvalue weighted by atomic mass is 10.2. The Bertz CT molecular complexity index is 661. The highest BCUT2D eigenvalue weighted by molar-refractivity contribution is 14.0.